The molecule has 1 aliphatic heterocycles. The van der Waals surface area contributed by atoms with E-state index in [9.17, 15) is 19.5 Å². The van der Waals surface area contributed by atoms with Crippen LogP contribution in [0, 0.1) is 23.2 Å². The minimum absolute atomic E-state index is 0.00330. The number of aliphatic carboxylic acids is 1. The average molecular weight is 551 g/mol. The fraction of sp³-hybridized carbons (Fsp3) is 0.600. The topological polar surface area (TPSA) is 142 Å². The Hall–Kier alpha value is -3.56. The number of fused-ring (bicyclic) bond motifs is 1. The number of amides is 2. The quantitative estimate of drug-likeness (QED) is 0.372. The number of furan rings is 1. The smallest absolute Gasteiger partial charge is 0.407 e. The SMILES string of the molecule is O=C(CCc1ccc2oc(CC(NC(=O)OCC34CC5CC(CC(C5)C3)C4)C(=O)O)cc2c1)NC1=NCCCN1. The Morgan fingerprint density at radius 1 is 1.12 bits per heavy atom. The van der Waals surface area contributed by atoms with E-state index in [0.717, 1.165) is 60.9 Å². The van der Waals surface area contributed by atoms with Crippen LogP contribution >= 0.6 is 0 Å². The summed E-state index contributed by atoms with van der Waals surface area (Å²) in [5, 5.41) is 19.0. The van der Waals surface area contributed by atoms with Crippen LogP contribution < -0.4 is 16.0 Å². The molecule has 10 heteroatoms. The lowest BCUT2D eigenvalue weighted by Gasteiger charge is -2.56. The predicted octanol–water partition coefficient (Wildman–Crippen LogP) is 3.77. The molecule has 5 aliphatic rings. The zero-order valence-electron chi connectivity index (χ0n) is 22.7. The first-order valence-corrected chi connectivity index (χ1v) is 14.6. The Kier molecular flexibility index (Phi) is 7.42. The van der Waals surface area contributed by atoms with Crippen molar-refractivity contribution in [3.05, 3.63) is 35.6 Å². The number of nitrogens with one attached hydrogen (secondary N) is 3. The molecule has 4 fully saturated rings. The van der Waals surface area contributed by atoms with Crippen molar-refractivity contribution in [3.8, 4) is 0 Å². The molecule has 2 aromatic rings. The Morgan fingerprint density at radius 2 is 1.88 bits per heavy atom. The molecule has 7 rings (SSSR count). The molecule has 1 aromatic carbocycles. The maximum absolute atomic E-state index is 12.6. The lowest BCUT2D eigenvalue weighted by atomic mass is 9.50. The standard InChI is InChI=1S/C30H38N4O6/c35-26(34-28-31-6-1-7-32-28)5-3-18-2-4-25-22(11-18)12-23(40-25)13-24(27(36)37)33-29(38)39-17-30-14-19-8-20(15-30)10-21(9-19)16-30/h2,4,11-12,19-21,24H,1,3,5-10,13-17H2,(H,33,38)(H,36,37)(H2,31,32,34,35). The second-order valence-electron chi connectivity index (χ2n) is 12.4. The van der Waals surface area contributed by atoms with Gasteiger partial charge in [0.05, 0.1) is 6.61 Å². The summed E-state index contributed by atoms with van der Waals surface area (Å²) >= 11 is 0. The number of ether oxygens (including phenoxy) is 1. The zero-order valence-corrected chi connectivity index (χ0v) is 22.7. The number of aryl methyl sites for hydroxylation is 1. The number of benzene rings is 1. The van der Waals surface area contributed by atoms with E-state index < -0.39 is 18.1 Å². The predicted molar refractivity (Wildman–Crippen MR) is 148 cm³/mol. The molecular weight excluding hydrogens is 512 g/mol. The molecule has 2 heterocycles. The number of carbonyl (C=O) groups excluding carboxylic acids is 2. The van der Waals surface area contributed by atoms with E-state index in [4.69, 9.17) is 9.15 Å². The molecule has 2 amide bonds. The Labute approximate surface area is 233 Å². The molecular formula is C30H38N4O6. The van der Waals surface area contributed by atoms with Gasteiger partial charge in [-0.15, -0.1) is 0 Å². The Balaban J connectivity index is 1.02. The first-order chi connectivity index (χ1) is 19.3. The number of carboxylic acid groups (broad SMARTS) is 1. The summed E-state index contributed by atoms with van der Waals surface area (Å²) in [5.74, 6) is 2.00. The molecule has 1 unspecified atom stereocenters. The van der Waals surface area contributed by atoms with Gasteiger partial charge in [-0.2, -0.15) is 0 Å². The highest BCUT2D eigenvalue weighted by molar-refractivity contribution is 5.97. The molecule has 1 aromatic heterocycles. The number of nitrogens with zero attached hydrogens (tertiary/aromatic N) is 1. The lowest BCUT2D eigenvalue weighted by molar-refractivity contribution is -0.139. The van der Waals surface area contributed by atoms with E-state index in [1.165, 1.54) is 19.3 Å². The van der Waals surface area contributed by atoms with Gasteiger partial charge >= 0.3 is 12.1 Å². The van der Waals surface area contributed by atoms with Crippen LogP contribution in [-0.2, 0) is 27.2 Å². The molecule has 4 saturated carbocycles. The number of carboxylic acids is 1. The number of alkyl carbamates (subject to hydrolysis) is 1. The minimum atomic E-state index is -1.16. The van der Waals surface area contributed by atoms with E-state index in [1.807, 2.05) is 18.2 Å². The monoisotopic (exact) mass is 550 g/mol. The van der Waals surface area contributed by atoms with Crippen molar-refractivity contribution in [1.29, 1.82) is 0 Å². The van der Waals surface area contributed by atoms with Crippen molar-refractivity contribution >= 4 is 34.9 Å². The number of hydrogen-bond donors (Lipinski definition) is 4. The first-order valence-electron chi connectivity index (χ1n) is 14.6. The molecule has 0 radical (unpaired) electrons. The Bertz CT molecular complexity index is 1280. The van der Waals surface area contributed by atoms with E-state index in [0.29, 0.717) is 43.3 Å². The van der Waals surface area contributed by atoms with Crippen LogP contribution in [0.15, 0.2) is 33.7 Å². The van der Waals surface area contributed by atoms with E-state index in [1.54, 1.807) is 6.07 Å². The van der Waals surface area contributed by atoms with E-state index in [-0.39, 0.29) is 17.7 Å². The van der Waals surface area contributed by atoms with Crippen molar-refractivity contribution in [2.75, 3.05) is 19.7 Å². The molecule has 214 valence electrons. The maximum Gasteiger partial charge on any atom is 0.407 e. The number of rotatable bonds is 9. The van der Waals surface area contributed by atoms with Crippen molar-refractivity contribution in [2.24, 2.45) is 28.2 Å². The highest BCUT2D eigenvalue weighted by Gasteiger charge is 2.51. The first kappa shape index (κ1) is 26.7. The third-order valence-electron chi connectivity index (χ3n) is 9.10. The highest BCUT2D eigenvalue weighted by Crippen LogP contribution is 2.60. The fourth-order valence-electron chi connectivity index (χ4n) is 7.74. The maximum atomic E-state index is 12.6. The number of guanidine groups is 1. The second kappa shape index (κ2) is 11.1. The summed E-state index contributed by atoms with van der Waals surface area (Å²) in [6.07, 6.45) is 8.43. The van der Waals surface area contributed by atoms with E-state index in [2.05, 4.69) is 20.9 Å². The Morgan fingerprint density at radius 3 is 2.55 bits per heavy atom. The highest BCUT2D eigenvalue weighted by atomic mass is 16.5. The van der Waals surface area contributed by atoms with Crippen molar-refractivity contribution in [3.63, 3.8) is 0 Å². The molecule has 4 aliphatic carbocycles. The molecule has 4 N–H and O–H groups in total. The third-order valence-corrected chi connectivity index (χ3v) is 9.10. The van der Waals surface area contributed by atoms with Crippen LogP contribution in [0.3, 0.4) is 0 Å². The van der Waals surface area contributed by atoms with Gasteiger partial charge in [-0.05, 0) is 92.9 Å². The van der Waals surface area contributed by atoms with Gasteiger partial charge in [0, 0.05) is 36.7 Å². The van der Waals surface area contributed by atoms with Crippen molar-refractivity contribution in [2.45, 2.75) is 70.3 Å². The summed E-state index contributed by atoms with van der Waals surface area (Å²) < 4.78 is 11.5. The number of aliphatic imine (C=N–C) groups is 1. The van der Waals surface area contributed by atoms with Gasteiger partial charge in [0.25, 0.3) is 0 Å². The van der Waals surface area contributed by atoms with Gasteiger partial charge in [-0.1, -0.05) is 6.07 Å². The number of hydrogen-bond acceptors (Lipinski definition) is 7. The largest absolute Gasteiger partial charge is 0.480 e. The summed E-state index contributed by atoms with van der Waals surface area (Å²) in [6, 6.07) is 6.28. The number of carbonyl (C=O) groups is 3. The average Bonchev–Trinajstić information content (AvgIpc) is 3.32. The van der Waals surface area contributed by atoms with Crippen LogP contribution in [0.5, 0.6) is 0 Å². The second-order valence-corrected chi connectivity index (χ2v) is 12.4. The van der Waals surface area contributed by atoms with Gasteiger partial charge in [0.1, 0.15) is 17.4 Å². The molecule has 40 heavy (non-hydrogen) atoms. The normalized spacial score (nSPS) is 27.5. The van der Waals surface area contributed by atoms with Crippen LogP contribution in [0.4, 0.5) is 4.79 Å². The van der Waals surface area contributed by atoms with Crippen LogP contribution in [0.25, 0.3) is 11.0 Å². The summed E-state index contributed by atoms with van der Waals surface area (Å²) in [7, 11) is 0. The third kappa shape index (κ3) is 6.10. The van der Waals surface area contributed by atoms with Gasteiger partial charge < -0.3 is 24.9 Å². The molecule has 0 saturated heterocycles. The minimum Gasteiger partial charge on any atom is -0.480 e. The van der Waals surface area contributed by atoms with Gasteiger partial charge in [-0.25, -0.2) is 9.59 Å². The molecule has 0 spiro atoms. The summed E-state index contributed by atoms with van der Waals surface area (Å²) in [6.45, 7) is 1.88. The van der Waals surface area contributed by atoms with Gasteiger partial charge in [0.2, 0.25) is 5.91 Å². The summed E-state index contributed by atoms with van der Waals surface area (Å²) in [5.41, 5.74) is 1.66. The van der Waals surface area contributed by atoms with Gasteiger partial charge in [-0.3, -0.25) is 15.1 Å². The van der Waals surface area contributed by atoms with Crippen LogP contribution in [0.1, 0.15) is 62.7 Å². The van der Waals surface area contributed by atoms with Crippen molar-refractivity contribution in [1.82, 2.24) is 16.0 Å². The lowest BCUT2D eigenvalue weighted by Crippen LogP contribution is -2.49. The molecule has 1 atom stereocenters. The van der Waals surface area contributed by atoms with Crippen molar-refractivity contribution < 1.29 is 28.6 Å². The van der Waals surface area contributed by atoms with E-state index >= 15 is 0 Å². The van der Waals surface area contributed by atoms with Crippen LogP contribution in [-0.4, -0.2) is 54.8 Å². The fourth-order valence-corrected chi connectivity index (χ4v) is 7.74. The molecule has 10 nitrogen and oxygen atoms in total. The van der Waals surface area contributed by atoms with Gasteiger partial charge in [0.15, 0.2) is 5.96 Å². The van der Waals surface area contributed by atoms with Crippen LogP contribution in [0.2, 0.25) is 0 Å². The zero-order chi connectivity index (χ0) is 27.7. The molecule has 4 bridgehead atoms. The summed E-state index contributed by atoms with van der Waals surface area (Å²) in [4.78, 5) is 41.1.